The summed E-state index contributed by atoms with van der Waals surface area (Å²) in [6.07, 6.45) is 4.98. The first-order chi connectivity index (χ1) is 5.69. The maximum absolute atomic E-state index is 11.4. The Morgan fingerprint density at radius 1 is 1.50 bits per heavy atom. The van der Waals surface area contributed by atoms with E-state index in [1.807, 2.05) is 6.92 Å². The van der Waals surface area contributed by atoms with E-state index in [2.05, 4.69) is 18.8 Å². The average molecular weight is 164 g/mol. The van der Waals surface area contributed by atoms with Crippen molar-refractivity contribution in [1.82, 2.24) is 0 Å². The van der Waals surface area contributed by atoms with Gasteiger partial charge in [-0.2, -0.15) is 0 Å². The second-order valence-corrected chi connectivity index (χ2v) is 3.69. The molecule has 1 heteroatoms. The van der Waals surface area contributed by atoms with Gasteiger partial charge in [0.2, 0.25) is 0 Å². The molecule has 1 atom stereocenters. The van der Waals surface area contributed by atoms with Crippen LogP contribution >= 0.6 is 0 Å². The van der Waals surface area contributed by atoms with Crippen molar-refractivity contribution in [2.24, 2.45) is 5.41 Å². The Morgan fingerprint density at radius 3 is 2.75 bits per heavy atom. The van der Waals surface area contributed by atoms with Gasteiger partial charge < -0.3 is 0 Å². The van der Waals surface area contributed by atoms with Crippen molar-refractivity contribution < 1.29 is 4.79 Å². The van der Waals surface area contributed by atoms with Crippen molar-refractivity contribution in [1.29, 1.82) is 0 Å². The fraction of sp³-hybridized carbons (Fsp3) is 0.727. The first-order valence-corrected chi connectivity index (χ1v) is 4.72. The Morgan fingerprint density at radius 2 is 2.25 bits per heavy atom. The molecule has 0 bridgehead atoms. The molecule has 0 aliphatic heterocycles. The average Bonchev–Trinajstić information content (AvgIpc) is 2.34. The molecule has 66 valence electrons. The normalized spacial score (nSPS) is 27.0. The van der Waals surface area contributed by atoms with Crippen molar-refractivity contribution in [3.63, 3.8) is 0 Å². The molecule has 0 N–H and O–H groups in total. The molecule has 0 radical (unpaired) electrons. The van der Waals surface area contributed by atoms with Gasteiger partial charge in [0.25, 0.3) is 0 Å². The summed E-state index contributed by atoms with van der Waals surface area (Å²) in [7, 11) is 0. The molecule has 0 amide bonds. The Balaban J connectivity index is 2.40. The molecule has 0 spiro atoms. The first kappa shape index (κ1) is 9.32. The molecule has 0 aromatic carbocycles. The lowest BCUT2D eigenvalue weighted by Gasteiger charge is -2.17. The highest BCUT2D eigenvalue weighted by molar-refractivity contribution is 5.92. The molecule has 1 unspecified atom stereocenters. The van der Waals surface area contributed by atoms with Crippen LogP contribution in [0.25, 0.3) is 0 Å². The van der Waals surface area contributed by atoms with E-state index < -0.39 is 0 Å². The van der Waals surface area contributed by atoms with E-state index in [1.165, 1.54) is 12.8 Å². The Labute approximate surface area is 74.5 Å². The van der Waals surface area contributed by atoms with E-state index in [0.717, 1.165) is 12.8 Å². The second kappa shape index (κ2) is 3.76. The predicted octanol–water partition coefficient (Wildman–Crippen LogP) is 2.55. The van der Waals surface area contributed by atoms with Gasteiger partial charge in [0.1, 0.15) is 0 Å². The molecule has 0 saturated heterocycles. The number of hydrogen-bond donors (Lipinski definition) is 0. The van der Waals surface area contributed by atoms with E-state index in [9.17, 15) is 4.79 Å². The number of carbonyl (C=O) groups excluding carboxylic acids is 1. The van der Waals surface area contributed by atoms with E-state index in [4.69, 9.17) is 0 Å². The summed E-state index contributed by atoms with van der Waals surface area (Å²) >= 11 is 0. The lowest BCUT2D eigenvalue weighted by molar-refractivity contribution is -0.123. The van der Waals surface area contributed by atoms with Crippen LogP contribution in [-0.4, -0.2) is 5.78 Å². The Hall–Kier alpha value is -0.770. The highest BCUT2D eigenvalue weighted by Crippen LogP contribution is 2.29. The number of unbranched alkanes of at least 4 members (excludes halogenated alkanes) is 2. The summed E-state index contributed by atoms with van der Waals surface area (Å²) in [5.41, 5.74) is -0.296. The van der Waals surface area contributed by atoms with Crippen LogP contribution in [0.4, 0.5) is 0 Å². The molecule has 0 saturated carbocycles. The summed E-state index contributed by atoms with van der Waals surface area (Å²) in [5, 5.41) is 0. The minimum absolute atomic E-state index is 0.290. The smallest absolute Gasteiger partial charge is 0.162 e. The van der Waals surface area contributed by atoms with Crippen LogP contribution in [0.15, 0.2) is 0 Å². The van der Waals surface area contributed by atoms with Crippen LogP contribution in [0.5, 0.6) is 0 Å². The molecule has 0 fully saturated rings. The van der Waals surface area contributed by atoms with E-state index in [1.54, 1.807) is 0 Å². The molecule has 12 heavy (non-hydrogen) atoms. The SMILES string of the molecule is CCCCCC1(C)C#CCC1=O. The molecule has 1 rings (SSSR count). The number of hydrogen-bond acceptors (Lipinski definition) is 1. The van der Waals surface area contributed by atoms with Crippen LogP contribution in [0, 0.1) is 17.3 Å². The highest BCUT2D eigenvalue weighted by Gasteiger charge is 2.32. The van der Waals surface area contributed by atoms with Gasteiger partial charge in [-0.25, -0.2) is 0 Å². The molecule has 0 aromatic heterocycles. The fourth-order valence-electron chi connectivity index (χ4n) is 1.51. The van der Waals surface area contributed by atoms with Gasteiger partial charge in [0.05, 0.1) is 11.8 Å². The van der Waals surface area contributed by atoms with Crippen LogP contribution in [-0.2, 0) is 4.79 Å². The van der Waals surface area contributed by atoms with Crippen molar-refractivity contribution in [3.05, 3.63) is 0 Å². The summed E-state index contributed by atoms with van der Waals surface area (Å²) < 4.78 is 0. The number of ketones is 1. The molecular weight excluding hydrogens is 148 g/mol. The van der Waals surface area contributed by atoms with Gasteiger partial charge in [0, 0.05) is 0 Å². The zero-order valence-electron chi connectivity index (χ0n) is 7.94. The van der Waals surface area contributed by atoms with Gasteiger partial charge >= 0.3 is 0 Å². The third-order valence-corrected chi connectivity index (χ3v) is 2.51. The van der Waals surface area contributed by atoms with Crippen LogP contribution in [0.1, 0.15) is 46.0 Å². The lowest BCUT2D eigenvalue weighted by atomic mass is 9.83. The summed E-state index contributed by atoms with van der Waals surface area (Å²) in [4.78, 5) is 11.4. The molecule has 0 heterocycles. The van der Waals surface area contributed by atoms with Crippen molar-refractivity contribution >= 4 is 5.78 Å². The van der Waals surface area contributed by atoms with Crippen LogP contribution in [0.2, 0.25) is 0 Å². The minimum atomic E-state index is -0.296. The van der Waals surface area contributed by atoms with Crippen LogP contribution in [0.3, 0.4) is 0 Å². The van der Waals surface area contributed by atoms with Gasteiger partial charge in [0.15, 0.2) is 5.78 Å². The number of rotatable bonds is 4. The number of carbonyl (C=O) groups is 1. The van der Waals surface area contributed by atoms with Crippen LogP contribution < -0.4 is 0 Å². The van der Waals surface area contributed by atoms with Gasteiger partial charge in [-0.05, 0) is 13.3 Å². The van der Waals surface area contributed by atoms with Gasteiger partial charge in [-0.3, -0.25) is 4.79 Å². The quantitative estimate of drug-likeness (QED) is 0.461. The zero-order valence-corrected chi connectivity index (χ0v) is 7.94. The maximum atomic E-state index is 11.4. The van der Waals surface area contributed by atoms with E-state index in [0.29, 0.717) is 12.2 Å². The topological polar surface area (TPSA) is 17.1 Å². The minimum Gasteiger partial charge on any atom is -0.297 e. The zero-order chi connectivity index (χ0) is 9.03. The lowest BCUT2D eigenvalue weighted by Crippen LogP contribution is -2.22. The van der Waals surface area contributed by atoms with E-state index in [-0.39, 0.29) is 5.41 Å². The summed E-state index contributed by atoms with van der Waals surface area (Å²) in [6.45, 7) is 4.15. The van der Waals surface area contributed by atoms with Gasteiger partial charge in [-0.15, -0.1) is 0 Å². The second-order valence-electron chi connectivity index (χ2n) is 3.69. The standard InChI is InChI=1S/C11H16O/c1-3-4-5-8-11(2)9-6-7-10(11)12/h3-5,7-8H2,1-2H3. The Bertz CT molecular complexity index is 231. The summed E-state index contributed by atoms with van der Waals surface area (Å²) in [5.74, 6) is 6.22. The third-order valence-electron chi connectivity index (χ3n) is 2.51. The largest absolute Gasteiger partial charge is 0.297 e. The Kier molecular flexibility index (Phi) is 2.92. The fourth-order valence-corrected chi connectivity index (χ4v) is 1.51. The van der Waals surface area contributed by atoms with Gasteiger partial charge in [-0.1, -0.05) is 38.0 Å². The van der Waals surface area contributed by atoms with Crippen molar-refractivity contribution in [2.45, 2.75) is 46.0 Å². The van der Waals surface area contributed by atoms with Crippen molar-refractivity contribution in [2.75, 3.05) is 0 Å². The highest BCUT2D eigenvalue weighted by atomic mass is 16.1. The molecule has 1 aliphatic rings. The molecule has 1 nitrogen and oxygen atoms in total. The predicted molar refractivity (Wildman–Crippen MR) is 49.6 cm³/mol. The summed E-state index contributed by atoms with van der Waals surface area (Å²) in [6, 6.07) is 0. The maximum Gasteiger partial charge on any atom is 0.162 e. The monoisotopic (exact) mass is 164 g/mol. The third kappa shape index (κ3) is 1.88. The molecule has 1 aliphatic carbocycles. The first-order valence-electron chi connectivity index (χ1n) is 4.72. The molecule has 0 aromatic rings. The molecular formula is C11H16O. The van der Waals surface area contributed by atoms with E-state index >= 15 is 0 Å². The number of Topliss-reactive ketones (excluding diaryl/α,β-unsaturated/α-hetero) is 1. The van der Waals surface area contributed by atoms with Crippen molar-refractivity contribution in [3.8, 4) is 11.8 Å².